The molecule has 2 aliphatic heterocycles. The molecule has 1 aromatic carbocycles. The highest BCUT2D eigenvalue weighted by Gasteiger charge is 2.34. The molecule has 2 aromatic heterocycles. The topological polar surface area (TPSA) is 63.0 Å². The van der Waals surface area contributed by atoms with Gasteiger partial charge in [-0.2, -0.15) is 5.10 Å². The van der Waals surface area contributed by atoms with E-state index < -0.39 is 18.1 Å². The van der Waals surface area contributed by atoms with Gasteiger partial charge in [-0.05, 0) is 45.4 Å². The molecule has 1 fully saturated rings. The highest BCUT2D eigenvalue weighted by molar-refractivity contribution is 6.31. The number of halogens is 3. The molecule has 186 valence electrons. The van der Waals surface area contributed by atoms with E-state index in [0.29, 0.717) is 35.9 Å². The summed E-state index contributed by atoms with van der Waals surface area (Å²) in [6, 6.07) is 3.79. The minimum Gasteiger partial charge on any atom is -0.486 e. The van der Waals surface area contributed by atoms with Gasteiger partial charge < -0.3 is 14.5 Å². The van der Waals surface area contributed by atoms with Crippen molar-refractivity contribution in [2.45, 2.75) is 59.0 Å². The van der Waals surface area contributed by atoms with Gasteiger partial charge in [0.05, 0.1) is 40.8 Å². The maximum atomic E-state index is 14.8. The van der Waals surface area contributed by atoms with E-state index in [1.165, 1.54) is 18.2 Å². The number of benzene rings is 1. The first-order chi connectivity index (χ1) is 16.8. The molecule has 7 nitrogen and oxygen atoms in total. The van der Waals surface area contributed by atoms with Crippen molar-refractivity contribution in [3.63, 3.8) is 0 Å². The minimum absolute atomic E-state index is 0.0713. The fourth-order valence-corrected chi connectivity index (χ4v) is 5.08. The molecule has 10 heteroatoms. The lowest BCUT2D eigenvalue weighted by Gasteiger charge is -2.35. The van der Waals surface area contributed by atoms with Crippen molar-refractivity contribution in [2.75, 3.05) is 19.6 Å². The minimum atomic E-state index is -1.21. The van der Waals surface area contributed by atoms with Crippen LogP contribution in [0.1, 0.15) is 52.8 Å². The lowest BCUT2D eigenvalue weighted by atomic mass is 10.0. The Kier molecular flexibility index (Phi) is 6.40. The van der Waals surface area contributed by atoms with E-state index in [0.717, 1.165) is 29.9 Å². The van der Waals surface area contributed by atoms with Crippen molar-refractivity contribution in [1.29, 1.82) is 0 Å². The number of nitrogens with zero attached hydrogens (tertiary/aromatic N) is 5. The Balaban J connectivity index is 1.37. The van der Waals surface area contributed by atoms with Gasteiger partial charge in [0, 0.05) is 24.7 Å². The van der Waals surface area contributed by atoms with Crippen LogP contribution in [0, 0.1) is 19.7 Å². The third kappa shape index (κ3) is 4.36. The summed E-state index contributed by atoms with van der Waals surface area (Å²) in [5.41, 5.74) is 3.97. The van der Waals surface area contributed by atoms with Crippen molar-refractivity contribution in [2.24, 2.45) is 0 Å². The van der Waals surface area contributed by atoms with Crippen molar-refractivity contribution >= 4 is 23.2 Å². The second-order valence-electron chi connectivity index (χ2n) is 9.32. The molecule has 4 heterocycles. The van der Waals surface area contributed by atoms with Crippen LogP contribution in [-0.2, 0) is 13.1 Å². The van der Waals surface area contributed by atoms with Gasteiger partial charge in [0.1, 0.15) is 23.8 Å². The molecule has 2 aliphatic rings. The van der Waals surface area contributed by atoms with E-state index in [-0.39, 0.29) is 30.3 Å². The summed E-state index contributed by atoms with van der Waals surface area (Å²) >= 11 is 6.32. The number of carbonyl (C=O) groups is 1. The molecular formula is C25H28ClF2N5O2. The number of fused-ring (bicyclic) bond motifs is 3. The number of aromatic nitrogens is 3. The maximum absolute atomic E-state index is 14.8. The standard InChI is InChI=1S/C25H28ClF2N5O2/c1-4-8-31-9-7-21(19(28)12-31)35-22-10-16(27)5-6-17(22)25(34)32-11-18-20(13-32)30-33-15(3)23(26)14(2)29-24(18)33/h5-6,10,19,21H,4,7-9,11-13H2,1-3H3/t19-,21-/m0/s1. The predicted octanol–water partition coefficient (Wildman–Crippen LogP) is 4.50. The molecule has 0 aliphatic carbocycles. The van der Waals surface area contributed by atoms with Gasteiger partial charge >= 0.3 is 0 Å². The van der Waals surface area contributed by atoms with Crippen molar-refractivity contribution in [3.05, 3.63) is 57.2 Å². The molecule has 1 amide bonds. The Labute approximate surface area is 207 Å². The Morgan fingerprint density at radius 1 is 1.29 bits per heavy atom. The molecule has 2 atom stereocenters. The van der Waals surface area contributed by atoms with Gasteiger partial charge in [-0.25, -0.2) is 18.3 Å². The predicted molar refractivity (Wildman–Crippen MR) is 128 cm³/mol. The molecule has 0 N–H and O–H groups in total. The molecule has 0 unspecified atom stereocenters. The first-order valence-corrected chi connectivity index (χ1v) is 12.3. The van der Waals surface area contributed by atoms with Crippen LogP contribution in [0.4, 0.5) is 8.78 Å². The molecule has 0 saturated carbocycles. The van der Waals surface area contributed by atoms with Crippen LogP contribution in [0.3, 0.4) is 0 Å². The zero-order chi connectivity index (χ0) is 24.9. The van der Waals surface area contributed by atoms with E-state index in [2.05, 4.69) is 21.9 Å². The van der Waals surface area contributed by atoms with Crippen LogP contribution < -0.4 is 4.74 Å². The summed E-state index contributed by atoms with van der Waals surface area (Å²) in [6.45, 7) is 8.16. The van der Waals surface area contributed by atoms with Gasteiger partial charge in [-0.3, -0.25) is 4.79 Å². The molecule has 0 spiro atoms. The van der Waals surface area contributed by atoms with Crippen molar-refractivity contribution in [3.8, 4) is 5.75 Å². The van der Waals surface area contributed by atoms with E-state index in [4.69, 9.17) is 16.3 Å². The van der Waals surface area contributed by atoms with Gasteiger partial charge in [-0.1, -0.05) is 18.5 Å². The highest BCUT2D eigenvalue weighted by Crippen LogP contribution is 2.32. The van der Waals surface area contributed by atoms with Gasteiger partial charge in [0.2, 0.25) is 0 Å². The number of alkyl halides is 1. The lowest BCUT2D eigenvalue weighted by Crippen LogP contribution is -2.47. The van der Waals surface area contributed by atoms with Gasteiger partial charge in [-0.15, -0.1) is 0 Å². The number of aryl methyl sites for hydroxylation is 2. The first kappa shape index (κ1) is 23.9. The Bertz CT molecular complexity index is 1300. The number of likely N-dealkylation sites (tertiary alicyclic amines) is 1. The molecule has 3 aromatic rings. The first-order valence-electron chi connectivity index (χ1n) is 11.9. The Morgan fingerprint density at radius 2 is 2.09 bits per heavy atom. The Hall–Kier alpha value is -2.78. The zero-order valence-electron chi connectivity index (χ0n) is 20.0. The normalized spacial score (nSPS) is 20.5. The third-order valence-corrected chi connectivity index (χ3v) is 7.35. The van der Waals surface area contributed by atoms with E-state index in [1.54, 1.807) is 9.42 Å². The third-order valence-electron chi connectivity index (χ3n) is 6.80. The molecule has 0 bridgehead atoms. The van der Waals surface area contributed by atoms with Crippen molar-refractivity contribution < 1.29 is 18.3 Å². The number of amides is 1. The number of rotatable bonds is 5. The van der Waals surface area contributed by atoms with E-state index in [9.17, 15) is 13.6 Å². The number of hydrogen-bond acceptors (Lipinski definition) is 5. The van der Waals surface area contributed by atoms with Crippen LogP contribution in [0.15, 0.2) is 18.2 Å². The maximum Gasteiger partial charge on any atom is 0.258 e. The van der Waals surface area contributed by atoms with Crippen LogP contribution >= 0.6 is 11.6 Å². The van der Waals surface area contributed by atoms with Crippen LogP contribution in [0.25, 0.3) is 5.65 Å². The quantitative estimate of drug-likeness (QED) is 0.513. The average Bonchev–Trinajstić information content (AvgIpc) is 3.38. The summed E-state index contributed by atoms with van der Waals surface area (Å²) < 4.78 is 36.6. The number of hydrogen-bond donors (Lipinski definition) is 0. The average molecular weight is 504 g/mol. The Morgan fingerprint density at radius 3 is 2.83 bits per heavy atom. The van der Waals surface area contributed by atoms with Gasteiger partial charge in [0.25, 0.3) is 5.91 Å². The monoisotopic (exact) mass is 503 g/mol. The highest BCUT2D eigenvalue weighted by atomic mass is 35.5. The molecule has 0 radical (unpaired) electrons. The zero-order valence-corrected chi connectivity index (χ0v) is 20.8. The fourth-order valence-electron chi connectivity index (χ4n) is 4.96. The van der Waals surface area contributed by atoms with E-state index >= 15 is 0 Å². The van der Waals surface area contributed by atoms with E-state index in [1.807, 2.05) is 13.8 Å². The molecular weight excluding hydrogens is 476 g/mol. The van der Waals surface area contributed by atoms with Crippen LogP contribution in [-0.4, -0.2) is 62.2 Å². The van der Waals surface area contributed by atoms with Crippen LogP contribution in [0.5, 0.6) is 5.75 Å². The number of piperidine rings is 1. The second-order valence-corrected chi connectivity index (χ2v) is 9.70. The van der Waals surface area contributed by atoms with Crippen LogP contribution in [0.2, 0.25) is 5.02 Å². The lowest BCUT2D eigenvalue weighted by molar-refractivity contribution is 0.0210. The van der Waals surface area contributed by atoms with Crippen molar-refractivity contribution in [1.82, 2.24) is 24.4 Å². The summed E-state index contributed by atoms with van der Waals surface area (Å²) in [5, 5.41) is 5.18. The van der Waals surface area contributed by atoms with Gasteiger partial charge in [0.15, 0.2) is 5.65 Å². The molecule has 5 rings (SSSR count). The SMILES string of the molecule is CCCN1CC[C@H](Oc2cc(F)ccc2C(=O)N2Cc3nn4c(C)c(Cl)c(C)nc4c3C2)[C@@H](F)C1. The largest absolute Gasteiger partial charge is 0.486 e. The smallest absolute Gasteiger partial charge is 0.258 e. The number of carbonyl (C=O) groups excluding carboxylic acids is 1. The summed E-state index contributed by atoms with van der Waals surface area (Å²) in [7, 11) is 0. The molecule has 1 saturated heterocycles. The summed E-state index contributed by atoms with van der Waals surface area (Å²) in [5.74, 6) is -0.788. The summed E-state index contributed by atoms with van der Waals surface area (Å²) in [6.07, 6.45) is -0.511. The fraction of sp³-hybridized carbons (Fsp3) is 0.480. The second kappa shape index (κ2) is 9.35. The molecule has 35 heavy (non-hydrogen) atoms. The summed E-state index contributed by atoms with van der Waals surface area (Å²) in [4.78, 5) is 21.7. The number of ether oxygens (including phenoxy) is 1.